The van der Waals surface area contributed by atoms with E-state index in [1.54, 1.807) is 28.2 Å². The van der Waals surface area contributed by atoms with Gasteiger partial charge in [0, 0.05) is 41.3 Å². The molecule has 0 N–H and O–H groups in total. The second kappa shape index (κ2) is 10.3. The second-order valence-electron chi connectivity index (χ2n) is 7.74. The lowest BCUT2D eigenvalue weighted by Gasteiger charge is -2.06. The molecule has 0 aliphatic heterocycles. The highest BCUT2D eigenvalue weighted by molar-refractivity contribution is 7.13. The van der Waals surface area contributed by atoms with Crippen LogP contribution in [0.1, 0.15) is 27.3 Å². The Balaban J connectivity index is 1.48. The Hall–Kier alpha value is -3.97. The Morgan fingerprint density at radius 3 is 2.65 bits per heavy atom. The number of rotatable bonds is 9. The number of esters is 1. The van der Waals surface area contributed by atoms with Gasteiger partial charge in [0.2, 0.25) is 5.78 Å². The van der Waals surface area contributed by atoms with Crippen molar-refractivity contribution in [3.63, 3.8) is 0 Å². The smallest absolute Gasteiger partial charge is 0.331 e. The number of allylic oxidation sites excluding steroid dienone is 1. The summed E-state index contributed by atoms with van der Waals surface area (Å²) >= 11 is 1.57. The summed E-state index contributed by atoms with van der Waals surface area (Å²) in [4.78, 5) is 26.0. The first kappa shape index (κ1) is 23.2. The molecular weight excluding hydrogens is 446 g/mol. The van der Waals surface area contributed by atoms with E-state index >= 15 is 0 Å². The number of thiophene rings is 1. The van der Waals surface area contributed by atoms with E-state index in [1.165, 1.54) is 6.08 Å². The molecule has 0 radical (unpaired) electrons. The third-order valence-electron chi connectivity index (χ3n) is 5.45. The van der Waals surface area contributed by atoms with Gasteiger partial charge < -0.3 is 9.30 Å². The molecule has 0 aliphatic rings. The SMILES string of the molecule is C=CCn1c(C)cc(C(=O)COC(=O)C=Cc2cn(-c3ccccc3)nc2-c2cccs2)c1C. The molecule has 7 heteroatoms. The lowest BCUT2D eigenvalue weighted by atomic mass is 10.1. The highest BCUT2D eigenvalue weighted by Gasteiger charge is 2.17. The lowest BCUT2D eigenvalue weighted by Crippen LogP contribution is -2.13. The predicted molar refractivity (Wildman–Crippen MR) is 135 cm³/mol. The Morgan fingerprint density at radius 2 is 1.94 bits per heavy atom. The minimum atomic E-state index is -0.585. The molecule has 172 valence electrons. The fourth-order valence-electron chi connectivity index (χ4n) is 3.74. The standard InChI is InChI=1S/C27H25N3O3S/c1-4-14-29-19(2)16-23(20(29)3)24(31)18-33-26(32)13-12-21-17-30(22-9-6-5-7-10-22)28-27(21)25-11-8-15-34-25/h4-13,15-17H,1,14,18H2,2-3H3. The van der Waals surface area contributed by atoms with Gasteiger partial charge in [0.05, 0.1) is 10.6 Å². The van der Waals surface area contributed by atoms with Gasteiger partial charge in [0.15, 0.2) is 6.61 Å². The van der Waals surface area contributed by atoms with Crippen LogP contribution in [-0.4, -0.2) is 32.7 Å². The van der Waals surface area contributed by atoms with Crippen LogP contribution in [-0.2, 0) is 16.1 Å². The van der Waals surface area contributed by atoms with E-state index in [1.807, 2.05) is 78.5 Å². The quantitative estimate of drug-likeness (QED) is 0.137. The van der Waals surface area contributed by atoms with Gasteiger partial charge in [0.1, 0.15) is 5.69 Å². The van der Waals surface area contributed by atoms with E-state index in [0.717, 1.165) is 33.2 Å². The highest BCUT2D eigenvalue weighted by Crippen LogP contribution is 2.28. The summed E-state index contributed by atoms with van der Waals surface area (Å²) in [6, 6.07) is 15.5. The first-order valence-corrected chi connectivity index (χ1v) is 11.7. The van der Waals surface area contributed by atoms with Crippen LogP contribution in [0.15, 0.2) is 78.8 Å². The Labute approximate surface area is 202 Å². The zero-order chi connectivity index (χ0) is 24.1. The number of aryl methyl sites for hydroxylation is 1. The van der Waals surface area contributed by atoms with Crippen molar-refractivity contribution in [1.82, 2.24) is 14.3 Å². The summed E-state index contributed by atoms with van der Waals surface area (Å²) in [6.07, 6.45) is 6.65. The highest BCUT2D eigenvalue weighted by atomic mass is 32.1. The van der Waals surface area contributed by atoms with Gasteiger partial charge in [0.25, 0.3) is 0 Å². The van der Waals surface area contributed by atoms with Gasteiger partial charge in [-0.25, -0.2) is 9.48 Å². The van der Waals surface area contributed by atoms with Crippen LogP contribution in [0.2, 0.25) is 0 Å². The maximum absolute atomic E-state index is 12.6. The molecule has 0 saturated carbocycles. The maximum Gasteiger partial charge on any atom is 0.331 e. The monoisotopic (exact) mass is 471 g/mol. The van der Waals surface area contributed by atoms with Crippen molar-refractivity contribution in [2.24, 2.45) is 0 Å². The number of carbonyl (C=O) groups is 2. The van der Waals surface area contributed by atoms with Crippen molar-refractivity contribution >= 4 is 29.2 Å². The molecule has 0 fully saturated rings. The van der Waals surface area contributed by atoms with Crippen LogP contribution < -0.4 is 0 Å². The molecule has 4 aromatic rings. The molecule has 0 bridgehead atoms. The molecule has 0 atom stereocenters. The molecule has 0 saturated heterocycles. The average Bonchev–Trinajstić information content (AvgIpc) is 3.58. The van der Waals surface area contributed by atoms with E-state index in [0.29, 0.717) is 12.1 Å². The van der Waals surface area contributed by atoms with E-state index < -0.39 is 5.97 Å². The summed E-state index contributed by atoms with van der Waals surface area (Å²) in [7, 11) is 0. The third kappa shape index (κ3) is 5.00. The number of hydrogen-bond donors (Lipinski definition) is 0. The van der Waals surface area contributed by atoms with Gasteiger partial charge in [-0.05, 0) is 49.6 Å². The fourth-order valence-corrected chi connectivity index (χ4v) is 4.47. The van der Waals surface area contributed by atoms with Gasteiger partial charge in [-0.1, -0.05) is 30.3 Å². The van der Waals surface area contributed by atoms with Crippen LogP contribution in [0.3, 0.4) is 0 Å². The van der Waals surface area contributed by atoms with Crippen LogP contribution in [0.25, 0.3) is 22.3 Å². The van der Waals surface area contributed by atoms with E-state index in [-0.39, 0.29) is 12.4 Å². The van der Waals surface area contributed by atoms with Gasteiger partial charge in [-0.2, -0.15) is 5.10 Å². The normalized spacial score (nSPS) is 11.1. The van der Waals surface area contributed by atoms with Crippen LogP contribution in [0.4, 0.5) is 0 Å². The third-order valence-corrected chi connectivity index (χ3v) is 6.32. The lowest BCUT2D eigenvalue weighted by molar-refractivity contribution is -0.136. The molecule has 4 rings (SSSR count). The number of para-hydroxylation sites is 1. The van der Waals surface area contributed by atoms with Crippen LogP contribution in [0, 0.1) is 13.8 Å². The van der Waals surface area contributed by atoms with Gasteiger partial charge >= 0.3 is 5.97 Å². The number of hydrogen-bond acceptors (Lipinski definition) is 5. The summed E-state index contributed by atoms with van der Waals surface area (Å²) in [5, 5.41) is 6.69. The molecule has 0 amide bonds. The molecule has 3 aromatic heterocycles. The van der Waals surface area contributed by atoms with Crippen molar-refractivity contribution in [2.75, 3.05) is 6.61 Å². The summed E-state index contributed by atoms with van der Waals surface area (Å²) in [5.74, 6) is -0.820. The molecule has 34 heavy (non-hydrogen) atoms. The maximum atomic E-state index is 12.6. The number of aromatic nitrogens is 3. The zero-order valence-electron chi connectivity index (χ0n) is 19.1. The van der Waals surface area contributed by atoms with Crippen molar-refractivity contribution in [2.45, 2.75) is 20.4 Å². The van der Waals surface area contributed by atoms with E-state index in [9.17, 15) is 9.59 Å². The number of carbonyl (C=O) groups excluding carboxylic acids is 2. The average molecular weight is 472 g/mol. The van der Waals surface area contributed by atoms with Crippen molar-refractivity contribution in [3.05, 3.63) is 101 Å². The molecule has 0 spiro atoms. The fraction of sp³-hybridized carbons (Fsp3) is 0.148. The summed E-state index contributed by atoms with van der Waals surface area (Å²) in [6.45, 7) is 7.87. The molecule has 3 heterocycles. The Kier molecular flexibility index (Phi) is 7.04. The topological polar surface area (TPSA) is 66.1 Å². The number of Topliss-reactive ketones (excluding diaryl/α,β-unsaturated/α-hetero) is 1. The van der Waals surface area contributed by atoms with E-state index in [4.69, 9.17) is 9.84 Å². The molecule has 1 aromatic carbocycles. The summed E-state index contributed by atoms with van der Waals surface area (Å²) < 4.78 is 9.02. The van der Waals surface area contributed by atoms with E-state index in [2.05, 4.69) is 6.58 Å². The van der Waals surface area contributed by atoms with Gasteiger partial charge in [-0.3, -0.25) is 4.79 Å². The molecular formula is C27H25N3O3S. The predicted octanol–water partition coefficient (Wildman–Crippen LogP) is 5.64. The number of nitrogens with zero attached hydrogens (tertiary/aromatic N) is 3. The van der Waals surface area contributed by atoms with Crippen LogP contribution in [0.5, 0.6) is 0 Å². The largest absolute Gasteiger partial charge is 0.454 e. The van der Waals surface area contributed by atoms with Crippen molar-refractivity contribution in [1.29, 1.82) is 0 Å². The van der Waals surface area contributed by atoms with Crippen LogP contribution >= 0.6 is 11.3 Å². The Bertz CT molecular complexity index is 1350. The Morgan fingerprint density at radius 1 is 1.15 bits per heavy atom. The molecule has 0 unspecified atom stereocenters. The number of ketones is 1. The minimum Gasteiger partial charge on any atom is -0.454 e. The molecule has 6 nitrogen and oxygen atoms in total. The zero-order valence-corrected chi connectivity index (χ0v) is 19.9. The van der Waals surface area contributed by atoms with Crippen molar-refractivity contribution in [3.8, 4) is 16.3 Å². The first-order valence-electron chi connectivity index (χ1n) is 10.8. The minimum absolute atomic E-state index is 0.235. The molecule has 0 aliphatic carbocycles. The number of benzene rings is 1. The van der Waals surface area contributed by atoms with Crippen molar-refractivity contribution < 1.29 is 14.3 Å². The van der Waals surface area contributed by atoms with Gasteiger partial charge in [-0.15, -0.1) is 17.9 Å². The second-order valence-corrected chi connectivity index (χ2v) is 8.69. The first-order chi connectivity index (χ1) is 16.5. The summed E-state index contributed by atoms with van der Waals surface area (Å²) in [5.41, 5.74) is 4.82. The number of ether oxygens (including phenoxy) is 1.